The Labute approximate surface area is 120 Å². The third-order valence-corrected chi connectivity index (χ3v) is 4.82. The molecule has 8 heteroatoms. The number of hydrogen-bond donors (Lipinski definition) is 1. The molecule has 1 fully saturated rings. The summed E-state index contributed by atoms with van der Waals surface area (Å²) in [5.74, 6) is 0.321. The van der Waals surface area contributed by atoms with Gasteiger partial charge in [-0.25, -0.2) is 0 Å². The van der Waals surface area contributed by atoms with Crippen LogP contribution in [0.15, 0.2) is 0 Å². The van der Waals surface area contributed by atoms with Gasteiger partial charge in [-0.2, -0.15) is 13.2 Å². The van der Waals surface area contributed by atoms with Gasteiger partial charge in [0.2, 0.25) is 10.1 Å². The van der Waals surface area contributed by atoms with E-state index in [1.807, 2.05) is 11.8 Å². The topological polar surface area (TPSA) is 55.0 Å². The largest absolute Gasteiger partial charge is 0.445 e. The van der Waals surface area contributed by atoms with Gasteiger partial charge >= 0.3 is 6.18 Å². The van der Waals surface area contributed by atoms with Gasteiger partial charge in [-0.1, -0.05) is 24.2 Å². The number of aromatic nitrogens is 2. The van der Waals surface area contributed by atoms with Crippen LogP contribution < -0.4 is 10.6 Å². The summed E-state index contributed by atoms with van der Waals surface area (Å²) in [5.41, 5.74) is 5.80. The molecule has 1 aromatic rings. The molecule has 1 aliphatic rings. The Kier molecular flexibility index (Phi) is 4.85. The molecular weight excluding hydrogens is 289 g/mol. The smallest absolute Gasteiger partial charge is 0.344 e. The summed E-state index contributed by atoms with van der Waals surface area (Å²) in [4.78, 5) is 1.93. The van der Waals surface area contributed by atoms with E-state index < -0.39 is 11.2 Å². The number of nitrogens with two attached hydrogens (primary N) is 1. The summed E-state index contributed by atoms with van der Waals surface area (Å²) in [6.45, 7) is 3.11. The third-order valence-electron chi connectivity index (χ3n) is 3.82. The molecule has 20 heavy (non-hydrogen) atoms. The second-order valence-electron chi connectivity index (χ2n) is 5.02. The van der Waals surface area contributed by atoms with Gasteiger partial charge in [0, 0.05) is 12.6 Å². The third kappa shape index (κ3) is 3.22. The first-order chi connectivity index (χ1) is 9.47. The summed E-state index contributed by atoms with van der Waals surface area (Å²) in [6.07, 6.45) is -0.211. The van der Waals surface area contributed by atoms with Gasteiger partial charge in [0.05, 0.1) is 0 Å². The van der Waals surface area contributed by atoms with Crippen LogP contribution in [0.3, 0.4) is 0 Å². The Balaban J connectivity index is 2.20. The zero-order valence-electron chi connectivity index (χ0n) is 11.4. The van der Waals surface area contributed by atoms with Crippen LogP contribution in [0.5, 0.6) is 0 Å². The minimum absolute atomic E-state index is 0.174. The van der Waals surface area contributed by atoms with Gasteiger partial charge in [-0.05, 0) is 32.2 Å². The van der Waals surface area contributed by atoms with Gasteiger partial charge in [0.15, 0.2) is 0 Å². The van der Waals surface area contributed by atoms with E-state index in [0.29, 0.717) is 35.5 Å². The molecule has 0 saturated heterocycles. The average molecular weight is 308 g/mol. The summed E-state index contributed by atoms with van der Waals surface area (Å²) in [5, 5.41) is 6.47. The second kappa shape index (κ2) is 6.26. The maximum Gasteiger partial charge on any atom is 0.445 e. The molecule has 1 saturated carbocycles. The molecule has 1 heterocycles. The van der Waals surface area contributed by atoms with Crippen molar-refractivity contribution in [2.24, 2.45) is 11.7 Å². The summed E-state index contributed by atoms with van der Waals surface area (Å²) < 4.78 is 37.9. The van der Waals surface area contributed by atoms with Crippen molar-refractivity contribution in [2.75, 3.05) is 18.0 Å². The van der Waals surface area contributed by atoms with Gasteiger partial charge in [-0.15, -0.1) is 10.2 Å². The number of halogens is 3. The Morgan fingerprint density at radius 1 is 1.30 bits per heavy atom. The first-order valence-corrected chi connectivity index (χ1v) is 7.66. The van der Waals surface area contributed by atoms with E-state index in [9.17, 15) is 13.2 Å². The van der Waals surface area contributed by atoms with Gasteiger partial charge in [-0.3, -0.25) is 0 Å². The van der Waals surface area contributed by atoms with Gasteiger partial charge in [0.25, 0.3) is 0 Å². The predicted molar refractivity (Wildman–Crippen MR) is 72.7 cm³/mol. The van der Waals surface area contributed by atoms with Crippen molar-refractivity contribution in [1.29, 1.82) is 0 Å². The monoisotopic (exact) mass is 308 g/mol. The molecular formula is C12H19F3N4S. The number of anilines is 1. The van der Waals surface area contributed by atoms with E-state index in [0.717, 1.165) is 25.7 Å². The fourth-order valence-electron chi connectivity index (χ4n) is 2.83. The fraction of sp³-hybridized carbons (Fsp3) is 0.833. The van der Waals surface area contributed by atoms with Crippen molar-refractivity contribution in [3.05, 3.63) is 5.01 Å². The molecule has 0 amide bonds. The van der Waals surface area contributed by atoms with E-state index in [-0.39, 0.29) is 6.04 Å². The predicted octanol–water partition coefficient (Wildman–Crippen LogP) is 2.90. The lowest BCUT2D eigenvalue weighted by molar-refractivity contribution is -0.138. The van der Waals surface area contributed by atoms with E-state index >= 15 is 0 Å². The number of hydrogen-bond acceptors (Lipinski definition) is 5. The van der Waals surface area contributed by atoms with E-state index in [4.69, 9.17) is 5.73 Å². The SMILES string of the molecule is CCN(c1nnc(C(F)(F)F)s1)C1CCCCC1CN. The highest BCUT2D eigenvalue weighted by molar-refractivity contribution is 7.15. The molecule has 2 rings (SSSR count). The number of rotatable bonds is 4. The van der Waals surface area contributed by atoms with Crippen molar-refractivity contribution < 1.29 is 13.2 Å². The highest BCUT2D eigenvalue weighted by Gasteiger charge is 2.37. The quantitative estimate of drug-likeness (QED) is 0.929. The van der Waals surface area contributed by atoms with E-state index in [2.05, 4.69) is 10.2 Å². The molecule has 1 aliphatic carbocycles. The van der Waals surface area contributed by atoms with Crippen molar-refractivity contribution in [3.63, 3.8) is 0 Å². The van der Waals surface area contributed by atoms with Crippen LogP contribution in [0.4, 0.5) is 18.3 Å². The highest BCUT2D eigenvalue weighted by atomic mass is 32.1. The molecule has 0 bridgehead atoms. The molecule has 2 atom stereocenters. The zero-order chi connectivity index (χ0) is 14.8. The molecule has 0 spiro atoms. The Morgan fingerprint density at radius 2 is 2.00 bits per heavy atom. The van der Waals surface area contributed by atoms with Gasteiger partial charge < -0.3 is 10.6 Å². The van der Waals surface area contributed by atoms with E-state index in [1.54, 1.807) is 0 Å². The van der Waals surface area contributed by atoms with Gasteiger partial charge in [0.1, 0.15) is 0 Å². The number of nitrogens with zero attached hydrogens (tertiary/aromatic N) is 3. The summed E-state index contributed by atoms with van der Waals surface area (Å²) in [6, 6.07) is 0.174. The van der Waals surface area contributed by atoms with Crippen LogP contribution in [0.2, 0.25) is 0 Å². The molecule has 1 aromatic heterocycles. The average Bonchev–Trinajstić information content (AvgIpc) is 2.90. The fourth-order valence-corrected chi connectivity index (χ4v) is 3.66. The Morgan fingerprint density at radius 3 is 2.55 bits per heavy atom. The number of alkyl halides is 3. The van der Waals surface area contributed by atoms with E-state index in [1.165, 1.54) is 0 Å². The molecule has 0 radical (unpaired) electrons. The molecule has 2 N–H and O–H groups in total. The van der Waals surface area contributed by atoms with Crippen molar-refractivity contribution in [3.8, 4) is 0 Å². The Bertz CT molecular complexity index is 435. The lowest BCUT2D eigenvalue weighted by atomic mass is 9.83. The maximum absolute atomic E-state index is 12.6. The van der Waals surface area contributed by atoms with Crippen LogP contribution in [0, 0.1) is 5.92 Å². The van der Waals surface area contributed by atoms with Crippen molar-refractivity contribution in [2.45, 2.75) is 44.8 Å². The second-order valence-corrected chi connectivity index (χ2v) is 5.98. The summed E-state index contributed by atoms with van der Waals surface area (Å²) in [7, 11) is 0. The summed E-state index contributed by atoms with van der Waals surface area (Å²) >= 11 is 0.617. The maximum atomic E-state index is 12.6. The molecule has 114 valence electrons. The lowest BCUT2D eigenvalue weighted by Gasteiger charge is -2.38. The lowest BCUT2D eigenvalue weighted by Crippen LogP contribution is -2.45. The van der Waals surface area contributed by atoms with Crippen LogP contribution >= 0.6 is 11.3 Å². The van der Waals surface area contributed by atoms with Crippen LogP contribution in [0.25, 0.3) is 0 Å². The van der Waals surface area contributed by atoms with Crippen LogP contribution in [-0.4, -0.2) is 29.3 Å². The first-order valence-electron chi connectivity index (χ1n) is 6.84. The highest BCUT2D eigenvalue weighted by Crippen LogP contribution is 2.37. The first kappa shape index (κ1) is 15.5. The Hall–Kier alpha value is -0.890. The standard InChI is InChI=1S/C12H19F3N4S/c1-2-19(9-6-4-3-5-8(9)7-16)11-18-17-10(20-11)12(13,14)15/h8-9H,2-7,16H2,1H3. The van der Waals surface area contributed by atoms with Crippen molar-refractivity contribution >= 4 is 16.5 Å². The molecule has 2 unspecified atom stereocenters. The van der Waals surface area contributed by atoms with Crippen LogP contribution in [-0.2, 0) is 6.18 Å². The minimum Gasteiger partial charge on any atom is -0.344 e. The molecule has 0 aliphatic heterocycles. The minimum atomic E-state index is -4.42. The van der Waals surface area contributed by atoms with Crippen LogP contribution in [0.1, 0.15) is 37.6 Å². The van der Waals surface area contributed by atoms with Crippen molar-refractivity contribution in [1.82, 2.24) is 10.2 Å². The molecule has 0 aromatic carbocycles. The zero-order valence-corrected chi connectivity index (χ0v) is 12.2. The molecule has 4 nitrogen and oxygen atoms in total. The normalized spacial score (nSPS) is 23.9.